The van der Waals surface area contributed by atoms with Crippen molar-refractivity contribution in [1.82, 2.24) is 4.83 Å². The molecule has 2 bridgehead atoms. The molecule has 2 aliphatic rings. The van der Waals surface area contributed by atoms with Gasteiger partial charge >= 0.3 is 0 Å². The van der Waals surface area contributed by atoms with Crippen molar-refractivity contribution >= 4 is 15.7 Å². The van der Waals surface area contributed by atoms with Crippen molar-refractivity contribution in [3.63, 3.8) is 0 Å². The molecule has 4 nitrogen and oxygen atoms in total. The number of nitrogens with one attached hydrogen (secondary N) is 1. The largest absolute Gasteiger partial charge is 0.276 e. The summed E-state index contributed by atoms with van der Waals surface area (Å²) in [6.45, 7) is 4.07. The Kier molecular flexibility index (Phi) is 4.76. The van der Waals surface area contributed by atoms with Gasteiger partial charge in [-0.15, -0.1) is 0 Å². The molecule has 0 unspecified atom stereocenters. The Morgan fingerprint density at radius 1 is 1.22 bits per heavy atom. The van der Waals surface area contributed by atoms with Crippen molar-refractivity contribution in [3.8, 4) is 0 Å². The lowest BCUT2D eigenvalue weighted by Gasteiger charge is -2.21. The smallest absolute Gasteiger partial charge is 0.200 e. The number of sulfonamides is 1. The highest BCUT2D eigenvalue weighted by Crippen LogP contribution is 2.48. The van der Waals surface area contributed by atoms with Crippen LogP contribution < -0.4 is 4.83 Å². The van der Waals surface area contributed by atoms with E-state index in [-0.39, 0.29) is 4.90 Å². The SMILES string of the molecule is CCCc1ccc(S(=O)(=O)N/N=C(/C)[C@@H]2C[C@H]3CC[C@@H]2C3)cc1. The Bertz CT molecular complexity index is 679. The van der Waals surface area contributed by atoms with Crippen molar-refractivity contribution in [2.24, 2.45) is 22.9 Å². The molecule has 3 rings (SSSR count). The average Bonchev–Trinajstić information content (AvgIpc) is 3.17. The molecule has 0 amide bonds. The monoisotopic (exact) mass is 334 g/mol. The van der Waals surface area contributed by atoms with E-state index in [0.717, 1.165) is 30.0 Å². The fraction of sp³-hybridized carbons (Fsp3) is 0.611. The number of hydrogen-bond donors (Lipinski definition) is 1. The molecule has 0 aliphatic heterocycles. The Morgan fingerprint density at radius 2 is 1.96 bits per heavy atom. The van der Waals surface area contributed by atoms with Gasteiger partial charge in [0.15, 0.2) is 0 Å². The van der Waals surface area contributed by atoms with Crippen LogP contribution in [0.25, 0.3) is 0 Å². The highest BCUT2D eigenvalue weighted by Gasteiger charge is 2.40. The van der Waals surface area contributed by atoms with Crippen LogP contribution in [0.3, 0.4) is 0 Å². The topological polar surface area (TPSA) is 58.5 Å². The molecule has 1 aromatic rings. The van der Waals surface area contributed by atoms with Gasteiger partial charge in [-0.2, -0.15) is 13.5 Å². The number of nitrogens with zero attached hydrogens (tertiary/aromatic N) is 1. The zero-order chi connectivity index (χ0) is 16.4. The Hall–Kier alpha value is -1.36. The summed E-state index contributed by atoms with van der Waals surface area (Å²) in [6.07, 6.45) is 7.10. The Morgan fingerprint density at radius 3 is 2.52 bits per heavy atom. The first-order chi connectivity index (χ1) is 11.0. The first-order valence-electron chi connectivity index (χ1n) is 8.64. The number of hydrazone groups is 1. The van der Waals surface area contributed by atoms with Crippen molar-refractivity contribution in [2.45, 2.75) is 57.3 Å². The van der Waals surface area contributed by atoms with Gasteiger partial charge in [-0.1, -0.05) is 31.9 Å². The molecule has 0 saturated heterocycles. The van der Waals surface area contributed by atoms with Crippen LogP contribution in [0.4, 0.5) is 0 Å². The molecule has 5 heteroatoms. The van der Waals surface area contributed by atoms with Crippen molar-refractivity contribution in [1.29, 1.82) is 0 Å². The molecule has 1 aromatic carbocycles. The van der Waals surface area contributed by atoms with Gasteiger partial charge in [0.1, 0.15) is 0 Å². The minimum Gasteiger partial charge on any atom is -0.200 e. The van der Waals surface area contributed by atoms with Gasteiger partial charge in [0.2, 0.25) is 0 Å². The van der Waals surface area contributed by atoms with Crippen molar-refractivity contribution in [2.75, 3.05) is 0 Å². The molecule has 23 heavy (non-hydrogen) atoms. The first-order valence-corrected chi connectivity index (χ1v) is 10.1. The van der Waals surface area contributed by atoms with Crippen LogP contribution in [0.1, 0.15) is 51.5 Å². The van der Waals surface area contributed by atoms with Crippen molar-refractivity contribution < 1.29 is 8.42 Å². The molecule has 2 fully saturated rings. The van der Waals surface area contributed by atoms with Gasteiger partial charge in [0.25, 0.3) is 10.0 Å². The highest BCUT2D eigenvalue weighted by molar-refractivity contribution is 7.89. The third-order valence-corrected chi connectivity index (χ3v) is 6.61. The van der Waals surface area contributed by atoms with E-state index >= 15 is 0 Å². The van der Waals surface area contributed by atoms with Gasteiger partial charge in [-0.3, -0.25) is 0 Å². The van der Waals surface area contributed by atoms with Crippen LogP contribution in [0.2, 0.25) is 0 Å². The second-order valence-electron chi connectivity index (χ2n) is 7.02. The predicted molar refractivity (Wildman–Crippen MR) is 92.8 cm³/mol. The first kappa shape index (κ1) is 16.5. The van der Waals surface area contributed by atoms with E-state index in [1.165, 1.54) is 25.7 Å². The van der Waals surface area contributed by atoms with Gasteiger partial charge in [-0.05, 0) is 62.1 Å². The summed E-state index contributed by atoms with van der Waals surface area (Å²) in [5.41, 5.74) is 2.09. The maximum atomic E-state index is 12.4. The molecular weight excluding hydrogens is 308 g/mol. The standard InChI is InChI=1S/C18H26N2O2S/c1-3-4-14-6-9-17(10-7-14)23(21,22)20-19-13(2)18-12-15-5-8-16(18)11-15/h6-7,9-10,15-16,18,20H,3-5,8,11-12H2,1-2H3/b19-13-/t15-,16+,18-/m0/s1. The third-order valence-electron chi connectivity index (χ3n) is 5.39. The number of fused-ring (bicyclic) bond motifs is 2. The van der Waals surface area contributed by atoms with Crippen LogP contribution in [-0.2, 0) is 16.4 Å². The molecule has 0 heterocycles. The van der Waals surface area contributed by atoms with E-state index in [0.29, 0.717) is 11.8 Å². The third kappa shape index (κ3) is 3.60. The second-order valence-corrected chi connectivity index (χ2v) is 8.68. The zero-order valence-corrected chi connectivity index (χ0v) is 14.8. The summed E-state index contributed by atoms with van der Waals surface area (Å²) in [4.78, 5) is 2.70. The van der Waals surface area contributed by atoms with Gasteiger partial charge in [-0.25, -0.2) is 4.83 Å². The quantitative estimate of drug-likeness (QED) is 0.636. The fourth-order valence-electron chi connectivity index (χ4n) is 4.15. The fourth-order valence-corrected chi connectivity index (χ4v) is 5.01. The number of aryl methyl sites for hydroxylation is 1. The summed E-state index contributed by atoms with van der Waals surface area (Å²) in [5, 5.41) is 4.21. The summed E-state index contributed by atoms with van der Waals surface area (Å²) in [6, 6.07) is 7.08. The molecule has 0 radical (unpaired) electrons. The summed E-state index contributed by atoms with van der Waals surface area (Å²) >= 11 is 0. The van der Waals surface area contributed by atoms with E-state index in [1.54, 1.807) is 12.1 Å². The van der Waals surface area contributed by atoms with Gasteiger partial charge in [0.05, 0.1) is 4.90 Å². The second kappa shape index (κ2) is 6.63. The van der Waals surface area contributed by atoms with Crippen LogP contribution in [0, 0.1) is 17.8 Å². The molecule has 126 valence electrons. The molecule has 2 saturated carbocycles. The molecule has 3 atom stereocenters. The minimum atomic E-state index is -3.57. The lowest BCUT2D eigenvalue weighted by atomic mass is 9.86. The number of hydrogen-bond acceptors (Lipinski definition) is 3. The van der Waals surface area contributed by atoms with Crippen LogP contribution in [0.5, 0.6) is 0 Å². The van der Waals surface area contributed by atoms with Crippen LogP contribution in [0.15, 0.2) is 34.3 Å². The summed E-state index contributed by atoms with van der Waals surface area (Å²) in [5.74, 6) is 2.00. The predicted octanol–water partition coefficient (Wildman–Crippen LogP) is 3.73. The molecule has 2 aliphatic carbocycles. The lowest BCUT2D eigenvalue weighted by molar-refractivity contribution is 0.413. The Balaban J connectivity index is 1.67. The van der Waals surface area contributed by atoms with E-state index in [2.05, 4.69) is 16.9 Å². The van der Waals surface area contributed by atoms with Crippen molar-refractivity contribution in [3.05, 3.63) is 29.8 Å². The van der Waals surface area contributed by atoms with E-state index in [9.17, 15) is 8.42 Å². The maximum absolute atomic E-state index is 12.4. The lowest BCUT2D eigenvalue weighted by Crippen LogP contribution is -2.24. The van der Waals surface area contributed by atoms with E-state index < -0.39 is 10.0 Å². The Labute approximate surface area is 139 Å². The van der Waals surface area contributed by atoms with Gasteiger partial charge in [0, 0.05) is 11.6 Å². The summed E-state index contributed by atoms with van der Waals surface area (Å²) < 4.78 is 24.7. The maximum Gasteiger partial charge on any atom is 0.276 e. The van der Waals surface area contributed by atoms with Crippen LogP contribution >= 0.6 is 0 Å². The minimum absolute atomic E-state index is 0.279. The molecule has 0 spiro atoms. The van der Waals surface area contributed by atoms with E-state index in [1.807, 2.05) is 19.1 Å². The number of benzene rings is 1. The highest BCUT2D eigenvalue weighted by atomic mass is 32.2. The summed E-state index contributed by atoms with van der Waals surface area (Å²) in [7, 11) is -3.57. The zero-order valence-electron chi connectivity index (χ0n) is 14.0. The van der Waals surface area contributed by atoms with Crippen LogP contribution in [-0.4, -0.2) is 14.1 Å². The molecule has 1 N–H and O–H groups in total. The molecular formula is C18H26N2O2S. The van der Waals surface area contributed by atoms with E-state index in [4.69, 9.17) is 0 Å². The van der Waals surface area contributed by atoms with Gasteiger partial charge < -0.3 is 0 Å². The number of rotatable bonds is 6. The normalized spacial score (nSPS) is 27.4. The molecule has 0 aromatic heterocycles. The average molecular weight is 334 g/mol.